The molecule has 12 heteroatoms. The molecule has 2 aliphatic heterocycles. The van der Waals surface area contributed by atoms with Crippen molar-refractivity contribution in [1.82, 2.24) is 9.80 Å². The van der Waals surface area contributed by atoms with Crippen molar-refractivity contribution in [3.05, 3.63) is 22.7 Å². The summed E-state index contributed by atoms with van der Waals surface area (Å²) in [7, 11) is 6.22. The van der Waals surface area contributed by atoms with Gasteiger partial charge in [-0.1, -0.05) is 0 Å². The summed E-state index contributed by atoms with van der Waals surface area (Å²) in [6.07, 6.45) is 0. The smallest absolute Gasteiger partial charge is 0.368 e. The molecule has 2 amide bonds. The van der Waals surface area contributed by atoms with Gasteiger partial charge in [0.25, 0.3) is 11.8 Å². The molecule has 2 aliphatic rings. The van der Waals surface area contributed by atoms with Crippen LogP contribution in [0.4, 0.5) is 0 Å². The van der Waals surface area contributed by atoms with Gasteiger partial charge in [0, 0.05) is 14.1 Å². The summed E-state index contributed by atoms with van der Waals surface area (Å²) in [4.78, 5) is 51.1. The van der Waals surface area contributed by atoms with Gasteiger partial charge in [-0.25, -0.2) is 9.59 Å². The molecular weight excluding hydrogens is 380 g/mol. The number of carbonyl (C=O) groups is 4. The SMILES string of the molecule is COC(=O)[C@@]1(O)C(OC)=C(C2=C(OC)[C@@](O)(C(=O)OC)N(C)C2=O)C(=O)N1C. The van der Waals surface area contributed by atoms with Crippen molar-refractivity contribution in [3.63, 3.8) is 0 Å². The molecule has 0 saturated heterocycles. The van der Waals surface area contributed by atoms with E-state index in [9.17, 15) is 29.4 Å². The summed E-state index contributed by atoms with van der Waals surface area (Å²) in [6, 6.07) is 0. The van der Waals surface area contributed by atoms with Gasteiger partial charge in [0.05, 0.1) is 39.6 Å². The van der Waals surface area contributed by atoms with E-state index in [4.69, 9.17) is 9.47 Å². The van der Waals surface area contributed by atoms with Crippen LogP contribution in [0, 0.1) is 0 Å². The fourth-order valence-electron chi connectivity index (χ4n) is 3.15. The van der Waals surface area contributed by atoms with Crippen molar-refractivity contribution >= 4 is 23.8 Å². The average molecular weight is 400 g/mol. The first-order chi connectivity index (χ1) is 13.0. The minimum Gasteiger partial charge on any atom is -0.494 e. The first-order valence-corrected chi connectivity index (χ1v) is 7.75. The van der Waals surface area contributed by atoms with E-state index in [1.807, 2.05) is 0 Å². The number of likely N-dealkylation sites (N-methyl/N-ethyl adjacent to an activating group) is 2. The van der Waals surface area contributed by atoms with Gasteiger partial charge >= 0.3 is 23.4 Å². The maximum Gasteiger partial charge on any atom is 0.368 e. The first kappa shape index (κ1) is 21.2. The van der Waals surface area contributed by atoms with Gasteiger partial charge in [0.2, 0.25) is 0 Å². The molecule has 0 saturated carbocycles. The van der Waals surface area contributed by atoms with Crippen LogP contribution in [0.3, 0.4) is 0 Å². The van der Waals surface area contributed by atoms with E-state index in [1.54, 1.807) is 0 Å². The Balaban J connectivity index is 2.89. The van der Waals surface area contributed by atoms with E-state index < -0.39 is 57.9 Å². The molecule has 28 heavy (non-hydrogen) atoms. The summed E-state index contributed by atoms with van der Waals surface area (Å²) < 4.78 is 19.2. The van der Waals surface area contributed by atoms with Crippen molar-refractivity contribution in [2.75, 3.05) is 42.5 Å². The zero-order valence-electron chi connectivity index (χ0n) is 16.1. The Hall–Kier alpha value is -3.12. The Morgan fingerprint density at radius 2 is 1.04 bits per heavy atom. The molecule has 0 aromatic carbocycles. The van der Waals surface area contributed by atoms with Crippen molar-refractivity contribution in [2.45, 2.75) is 11.4 Å². The van der Waals surface area contributed by atoms with Crippen LogP contribution in [-0.2, 0) is 38.1 Å². The predicted molar refractivity (Wildman–Crippen MR) is 87.5 cm³/mol. The molecule has 2 heterocycles. The second-order valence-corrected chi connectivity index (χ2v) is 5.87. The normalized spacial score (nSPS) is 27.6. The van der Waals surface area contributed by atoms with Crippen molar-refractivity contribution < 1.29 is 48.3 Å². The number of methoxy groups -OCH3 is 4. The summed E-state index contributed by atoms with van der Waals surface area (Å²) in [5.41, 5.74) is -6.50. The second kappa shape index (κ2) is 6.80. The van der Waals surface area contributed by atoms with Crippen LogP contribution in [-0.4, -0.2) is 97.8 Å². The Kier molecular flexibility index (Phi) is 5.14. The zero-order valence-corrected chi connectivity index (χ0v) is 16.1. The van der Waals surface area contributed by atoms with Crippen LogP contribution >= 0.6 is 0 Å². The molecule has 0 radical (unpaired) electrons. The zero-order chi connectivity index (χ0) is 21.6. The Morgan fingerprint density at radius 3 is 1.25 bits per heavy atom. The van der Waals surface area contributed by atoms with Crippen LogP contribution < -0.4 is 0 Å². The van der Waals surface area contributed by atoms with E-state index >= 15 is 0 Å². The third-order valence-electron chi connectivity index (χ3n) is 4.69. The van der Waals surface area contributed by atoms with Gasteiger partial charge in [0.1, 0.15) is 0 Å². The Morgan fingerprint density at radius 1 is 0.750 bits per heavy atom. The molecular formula is C16H20N2O10. The number of carbonyl (C=O) groups excluding carboxylic acids is 4. The number of rotatable bonds is 5. The number of nitrogens with zero attached hydrogens (tertiary/aromatic N) is 2. The predicted octanol–water partition coefficient (Wildman–Crippen LogP) is -2.55. The number of esters is 2. The van der Waals surface area contributed by atoms with E-state index in [2.05, 4.69) is 9.47 Å². The molecule has 2 rings (SSSR count). The van der Waals surface area contributed by atoms with Crippen molar-refractivity contribution in [3.8, 4) is 0 Å². The number of aliphatic hydroxyl groups is 2. The van der Waals surface area contributed by atoms with E-state index in [0.717, 1.165) is 42.5 Å². The van der Waals surface area contributed by atoms with Gasteiger partial charge in [0.15, 0.2) is 11.5 Å². The van der Waals surface area contributed by atoms with Crippen molar-refractivity contribution in [2.24, 2.45) is 0 Å². The highest BCUT2D eigenvalue weighted by Gasteiger charge is 2.64. The molecule has 2 N–H and O–H groups in total. The monoisotopic (exact) mass is 400 g/mol. The number of ether oxygens (including phenoxy) is 4. The second-order valence-electron chi connectivity index (χ2n) is 5.87. The lowest BCUT2D eigenvalue weighted by molar-refractivity contribution is -0.181. The van der Waals surface area contributed by atoms with Crippen LogP contribution in [0.5, 0.6) is 0 Å². The van der Waals surface area contributed by atoms with Gasteiger partial charge in [-0.3, -0.25) is 19.4 Å². The van der Waals surface area contributed by atoms with E-state index in [-0.39, 0.29) is 0 Å². The third-order valence-corrected chi connectivity index (χ3v) is 4.69. The highest BCUT2D eigenvalue weighted by atomic mass is 16.6. The highest BCUT2D eigenvalue weighted by Crippen LogP contribution is 2.44. The van der Waals surface area contributed by atoms with Gasteiger partial charge in [-0.2, -0.15) is 0 Å². The fourth-order valence-corrected chi connectivity index (χ4v) is 3.15. The standard InChI is InChI=1S/C16H20N2O10/c1-17-11(19)7(9(25-3)15(17,23)13(21)27-5)8-10(26-4)16(24,14(22)28-6)18(2)12(8)20/h23-24H,1-6H3/t15-,16+. The number of hydrogen-bond donors (Lipinski definition) is 2. The summed E-state index contributed by atoms with van der Waals surface area (Å²) >= 11 is 0. The number of hydrogen-bond acceptors (Lipinski definition) is 10. The fraction of sp³-hybridized carbons (Fsp3) is 0.500. The maximum absolute atomic E-state index is 12.8. The van der Waals surface area contributed by atoms with Crippen molar-refractivity contribution in [1.29, 1.82) is 0 Å². The quantitative estimate of drug-likeness (QED) is 0.472. The minimum absolute atomic E-state index is 0.577. The Bertz CT molecular complexity index is 763. The molecule has 0 aromatic heterocycles. The molecule has 2 atom stereocenters. The summed E-state index contributed by atoms with van der Waals surface area (Å²) in [5.74, 6) is -5.79. The Labute approximate surface area is 159 Å². The van der Waals surface area contributed by atoms with E-state index in [1.165, 1.54) is 0 Å². The molecule has 0 aliphatic carbocycles. The van der Waals surface area contributed by atoms with Crippen LogP contribution in [0.1, 0.15) is 0 Å². The largest absolute Gasteiger partial charge is 0.494 e. The van der Waals surface area contributed by atoms with Gasteiger partial charge in [-0.05, 0) is 0 Å². The molecule has 0 unspecified atom stereocenters. The number of amides is 2. The summed E-state index contributed by atoms with van der Waals surface area (Å²) in [6.45, 7) is 0. The maximum atomic E-state index is 12.8. The van der Waals surface area contributed by atoms with Gasteiger partial charge < -0.3 is 29.2 Å². The molecule has 154 valence electrons. The molecule has 0 fully saturated rings. The molecule has 0 bridgehead atoms. The first-order valence-electron chi connectivity index (χ1n) is 7.75. The van der Waals surface area contributed by atoms with Crippen LogP contribution in [0.15, 0.2) is 22.7 Å². The lowest BCUT2D eigenvalue weighted by Gasteiger charge is -2.28. The van der Waals surface area contributed by atoms with E-state index in [0.29, 0.717) is 9.80 Å². The van der Waals surface area contributed by atoms with Crippen LogP contribution in [0.25, 0.3) is 0 Å². The lowest BCUT2D eigenvalue weighted by Crippen LogP contribution is -2.53. The molecule has 12 nitrogen and oxygen atoms in total. The average Bonchev–Trinajstić information content (AvgIpc) is 3.01. The molecule has 0 spiro atoms. The molecule has 0 aromatic rings. The minimum atomic E-state index is -2.67. The highest BCUT2D eigenvalue weighted by molar-refractivity contribution is 6.18. The lowest BCUT2D eigenvalue weighted by atomic mass is 10.0. The third kappa shape index (κ3) is 2.31. The van der Waals surface area contributed by atoms with Gasteiger partial charge in [-0.15, -0.1) is 0 Å². The topological polar surface area (TPSA) is 152 Å². The van der Waals surface area contributed by atoms with Crippen LogP contribution in [0.2, 0.25) is 0 Å². The summed E-state index contributed by atoms with van der Waals surface area (Å²) in [5, 5.41) is 21.6.